The number of allylic oxidation sites excluding steroid dienone is 1. The predicted molar refractivity (Wildman–Crippen MR) is 69.1 cm³/mol. The largest absolute Gasteiger partial charge is 0.330 e. The minimum atomic E-state index is 0.698. The lowest BCUT2D eigenvalue weighted by atomic mass is 10.0. The Kier molecular flexibility index (Phi) is 3.32. The molecule has 0 radical (unpaired) electrons. The number of aromatic nitrogens is 1. The van der Waals surface area contributed by atoms with Crippen LogP contribution in [0.5, 0.6) is 0 Å². The van der Waals surface area contributed by atoms with Crippen LogP contribution in [0.1, 0.15) is 18.9 Å². The summed E-state index contributed by atoms with van der Waals surface area (Å²) in [6.07, 6.45) is 4.92. The van der Waals surface area contributed by atoms with E-state index in [9.17, 15) is 0 Å². The minimum Gasteiger partial charge on any atom is -0.330 e. The zero-order valence-corrected chi connectivity index (χ0v) is 9.48. The number of hydrogen-bond acceptors (Lipinski definition) is 2. The second kappa shape index (κ2) is 4.90. The summed E-state index contributed by atoms with van der Waals surface area (Å²) >= 11 is 0. The molecule has 0 saturated heterocycles. The Balaban J connectivity index is 2.39. The molecular weight excluding hydrogens is 196 g/mol. The first-order valence-electron chi connectivity index (χ1n) is 5.53. The van der Waals surface area contributed by atoms with Crippen LogP contribution in [0.15, 0.2) is 42.6 Å². The van der Waals surface area contributed by atoms with Crippen LogP contribution in [-0.4, -0.2) is 11.5 Å². The highest BCUT2D eigenvalue weighted by Gasteiger charge is 1.98. The van der Waals surface area contributed by atoms with Gasteiger partial charge in [-0.2, -0.15) is 0 Å². The Labute approximate surface area is 95.8 Å². The lowest BCUT2D eigenvalue weighted by Crippen LogP contribution is -1.95. The van der Waals surface area contributed by atoms with Crippen LogP contribution in [0.3, 0.4) is 0 Å². The SMILES string of the molecule is C/C(=C/CCN)c1ccc2cccnc2c1. The molecule has 0 amide bonds. The van der Waals surface area contributed by atoms with Crippen LogP contribution in [0.2, 0.25) is 0 Å². The molecule has 0 bridgehead atoms. The van der Waals surface area contributed by atoms with Gasteiger partial charge in [0.05, 0.1) is 5.52 Å². The van der Waals surface area contributed by atoms with Gasteiger partial charge in [0.1, 0.15) is 0 Å². The highest BCUT2D eigenvalue weighted by molar-refractivity contribution is 5.82. The van der Waals surface area contributed by atoms with Crippen molar-refractivity contribution in [2.45, 2.75) is 13.3 Å². The summed E-state index contributed by atoms with van der Waals surface area (Å²) in [4.78, 5) is 4.35. The molecule has 2 aromatic rings. The number of rotatable bonds is 3. The zero-order valence-electron chi connectivity index (χ0n) is 9.48. The van der Waals surface area contributed by atoms with E-state index in [1.165, 1.54) is 16.5 Å². The molecule has 0 saturated carbocycles. The standard InChI is InChI=1S/C14H16N2/c1-11(4-2-8-15)13-7-6-12-5-3-9-16-14(12)10-13/h3-7,9-10H,2,8,15H2,1H3/b11-4-. The summed E-state index contributed by atoms with van der Waals surface area (Å²) in [5.41, 5.74) is 9.01. The maximum Gasteiger partial charge on any atom is 0.0708 e. The first-order valence-corrected chi connectivity index (χ1v) is 5.53. The van der Waals surface area contributed by atoms with E-state index in [1.807, 2.05) is 12.3 Å². The maximum atomic E-state index is 5.49. The summed E-state index contributed by atoms with van der Waals surface area (Å²) in [5.74, 6) is 0. The van der Waals surface area contributed by atoms with Crippen LogP contribution < -0.4 is 5.73 Å². The normalized spacial score (nSPS) is 12.0. The monoisotopic (exact) mass is 212 g/mol. The average molecular weight is 212 g/mol. The smallest absolute Gasteiger partial charge is 0.0708 e. The molecule has 0 spiro atoms. The van der Waals surface area contributed by atoms with E-state index in [-0.39, 0.29) is 0 Å². The minimum absolute atomic E-state index is 0.698. The van der Waals surface area contributed by atoms with E-state index >= 15 is 0 Å². The molecule has 2 rings (SSSR count). The van der Waals surface area contributed by atoms with E-state index in [4.69, 9.17) is 5.73 Å². The van der Waals surface area contributed by atoms with Gasteiger partial charge in [-0.05, 0) is 43.2 Å². The zero-order chi connectivity index (χ0) is 11.4. The van der Waals surface area contributed by atoms with Crippen molar-refractivity contribution in [1.29, 1.82) is 0 Å². The van der Waals surface area contributed by atoms with Gasteiger partial charge in [-0.15, -0.1) is 0 Å². The second-order valence-corrected chi connectivity index (χ2v) is 3.88. The topological polar surface area (TPSA) is 38.9 Å². The highest BCUT2D eigenvalue weighted by Crippen LogP contribution is 2.19. The molecule has 0 fully saturated rings. The van der Waals surface area contributed by atoms with Gasteiger partial charge in [-0.1, -0.05) is 24.3 Å². The Morgan fingerprint density at radius 2 is 2.25 bits per heavy atom. The van der Waals surface area contributed by atoms with Crippen molar-refractivity contribution in [3.63, 3.8) is 0 Å². The van der Waals surface area contributed by atoms with Crippen molar-refractivity contribution in [3.05, 3.63) is 48.2 Å². The summed E-state index contributed by atoms with van der Waals surface area (Å²) in [7, 11) is 0. The fourth-order valence-corrected chi connectivity index (χ4v) is 1.73. The first kappa shape index (κ1) is 10.8. The van der Waals surface area contributed by atoms with Crippen LogP contribution in [-0.2, 0) is 0 Å². The van der Waals surface area contributed by atoms with E-state index in [2.05, 4.69) is 42.2 Å². The fourth-order valence-electron chi connectivity index (χ4n) is 1.73. The Morgan fingerprint density at radius 1 is 1.38 bits per heavy atom. The van der Waals surface area contributed by atoms with Crippen LogP contribution >= 0.6 is 0 Å². The average Bonchev–Trinajstić information content (AvgIpc) is 2.35. The molecule has 82 valence electrons. The Bertz CT molecular complexity index is 515. The number of nitrogens with two attached hydrogens (primary N) is 1. The Hall–Kier alpha value is -1.67. The summed E-state index contributed by atoms with van der Waals surface area (Å²) in [5, 5.41) is 1.18. The van der Waals surface area contributed by atoms with Gasteiger partial charge in [0.2, 0.25) is 0 Å². The lowest BCUT2D eigenvalue weighted by Gasteiger charge is -2.03. The summed E-state index contributed by atoms with van der Waals surface area (Å²) < 4.78 is 0. The molecule has 2 nitrogen and oxygen atoms in total. The Morgan fingerprint density at radius 3 is 3.06 bits per heavy atom. The van der Waals surface area contributed by atoms with Crippen molar-refractivity contribution >= 4 is 16.5 Å². The van der Waals surface area contributed by atoms with Crippen molar-refractivity contribution in [3.8, 4) is 0 Å². The van der Waals surface area contributed by atoms with Gasteiger partial charge in [-0.25, -0.2) is 0 Å². The van der Waals surface area contributed by atoms with Gasteiger partial charge in [0.25, 0.3) is 0 Å². The fraction of sp³-hybridized carbons (Fsp3) is 0.214. The first-order chi connectivity index (χ1) is 7.81. The molecule has 16 heavy (non-hydrogen) atoms. The lowest BCUT2D eigenvalue weighted by molar-refractivity contribution is 1.01. The molecule has 2 N–H and O–H groups in total. The molecule has 1 aromatic heterocycles. The molecule has 0 unspecified atom stereocenters. The van der Waals surface area contributed by atoms with Crippen LogP contribution in [0.25, 0.3) is 16.5 Å². The van der Waals surface area contributed by atoms with Crippen LogP contribution in [0, 0.1) is 0 Å². The van der Waals surface area contributed by atoms with E-state index in [1.54, 1.807) is 0 Å². The molecule has 0 aliphatic heterocycles. The summed E-state index contributed by atoms with van der Waals surface area (Å²) in [6, 6.07) is 10.4. The third-order valence-electron chi connectivity index (χ3n) is 2.68. The number of benzene rings is 1. The van der Waals surface area contributed by atoms with Gasteiger partial charge >= 0.3 is 0 Å². The molecule has 1 aromatic carbocycles. The number of hydrogen-bond donors (Lipinski definition) is 1. The molecule has 1 heterocycles. The quantitative estimate of drug-likeness (QED) is 0.849. The number of nitrogens with zero attached hydrogens (tertiary/aromatic N) is 1. The highest BCUT2D eigenvalue weighted by atomic mass is 14.6. The third kappa shape index (κ3) is 2.28. The summed E-state index contributed by atoms with van der Waals surface area (Å²) in [6.45, 7) is 2.81. The van der Waals surface area contributed by atoms with Crippen LogP contribution in [0.4, 0.5) is 0 Å². The third-order valence-corrected chi connectivity index (χ3v) is 2.68. The molecule has 0 aliphatic carbocycles. The van der Waals surface area contributed by atoms with E-state index in [0.29, 0.717) is 6.54 Å². The predicted octanol–water partition coefficient (Wildman–Crippen LogP) is 2.99. The van der Waals surface area contributed by atoms with Gasteiger partial charge in [0.15, 0.2) is 0 Å². The van der Waals surface area contributed by atoms with Crippen molar-refractivity contribution in [1.82, 2.24) is 4.98 Å². The second-order valence-electron chi connectivity index (χ2n) is 3.88. The van der Waals surface area contributed by atoms with Crippen molar-refractivity contribution < 1.29 is 0 Å². The van der Waals surface area contributed by atoms with Gasteiger partial charge in [0, 0.05) is 11.6 Å². The molecule has 0 aliphatic rings. The van der Waals surface area contributed by atoms with Crippen molar-refractivity contribution in [2.24, 2.45) is 5.73 Å². The van der Waals surface area contributed by atoms with E-state index < -0.39 is 0 Å². The molecule has 2 heteroatoms. The van der Waals surface area contributed by atoms with Crippen molar-refractivity contribution in [2.75, 3.05) is 6.54 Å². The molecular formula is C14H16N2. The van der Waals surface area contributed by atoms with Gasteiger partial charge < -0.3 is 5.73 Å². The van der Waals surface area contributed by atoms with E-state index in [0.717, 1.165) is 11.9 Å². The van der Waals surface area contributed by atoms with Gasteiger partial charge in [-0.3, -0.25) is 4.98 Å². The molecule has 0 atom stereocenters. The number of pyridine rings is 1. The maximum absolute atomic E-state index is 5.49. The number of fused-ring (bicyclic) bond motifs is 1.